The highest BCUT2D eigenvalue weighted by Crippen LogP contribution is 2.63. The highest BCUT2D eigenvalue weighted by atomic mass is 16.3. The maximum absolute atomic E-state index is 12.1. The van der Waals surface area contributed by atoms with Crippen LogP contribution in [0.4, 0.5) is 0 Å². The molecule has 4 heteroatoms. The lowest BCUT2D eigenvalue weighted by Crippen LogP contribution is -2.45. The number of benzene rings is 1. The smallest absolute Gasteiger partial charge is 0.156 e. The normalized spacial score (nSPS) is 30.2. The van der Waals surface area contributed by atoms with Gasteiger partial charge in [0.1, 0.15) is 0 Å². The van der Waals surface area contributed by atoms with E-state index in [1.54, 1.807) is 24.2 Å². The number of allylic oxidation sites excluding steroid dienone is 4. The van der Waals surface area contributed by atoms with Crippen LogP contribution in [0.25, 0.3) is 11.3 Å². The molecule has 4 aliphatic carbocycles. The van der Waals surface area contributed by atoms with E-state index in [0.29, 0.717) is 24.2 Å². The molecule has 198 valence electrons. The summed E-state index contributed by atoms with van der Waals surface area (Å²) >= 11 is 0. The number of ketones is 1. The maximum atomic E-state index is 12.1. The second-order valence-corrected chi connectivity index (χ2v) is 12.8. The molecular formula is C34H40N2O2. The fourth-order valence-corrected chi connectivity index (χ4v) is 7.27. The topological polar surface area (TPSA) is 63.1 Å². The molecule has 4 aliphatic rings. The molecule has 2 fully saturated rings. The van der Waals surface area contributed by atoms with Crippen LogP contribution in [0, 0.1) is 35.0 Å². The Kier molecular flexibility index (Phi) is 7.18. The SMILES string of the molecule is C#CC(C)(C)C.CC12CC(c3ccc(-c4cnccn4)cc3)C3=C4CCC(=O)C=C4CCC3C1CCC2O. The molecule has 6 rings (SSSR count). The van der Waals surface area contributed by atoms with Crippen LogP contribution in [0.5, 0.6) is 0 Å². The number of hydrogen-bond acceptors (Lipinski definition) is 4. The van der Waals surface area contributed by atoms with Gasteiger partial charge < -0.3 is 5.11 Å². The summed E-state index contributed by atoms with van der Waals surface area (Å²) in [5, 5.41) is 11.0. The largest absolute Gasteiger partial charge is 0.393 e. The Bertz CT molecular complexity index is 1290. The fourth-order valence-electron chi connectivity index (χ4n) is 7.27. The summed E-state index contributed by atoms with van der Waals surface area (Å²) in [7, 11) is 0. The van der Waals surface area contributed by atoms with Gasteiger partial charge in [0, 0.05) is 35.7 Å². The zero-order chi connectivity index (χ0) is 27.1. The van der Waals surface area contributed by atoms with E-state index in [1.165, 1.54) is 16.7 Å². The molecule has 0 radical (unpaired) electrons. The van der Waals surface area contributed by atoms with Gasteiger partial charge in [-0.15, -0.1) is 12.3 Å². The van der Waals surface area contributed by atoms with Gasteiger partial charge in [-0.1, -0.05) is 36.8 Å². The number of carbonyl (C=O) groups excluding carboxylic acids is 1. The van der Waals surface area contributed by atoms with Crippen molar-refractivity contribution in [2.75, 3.05) is 0 Å². The summed E-state index contributed by atoms with van der Waals surface area (Å²) in [4.78, 5) is 20.8. The van der Waals surface area contributed by atoms with Crippen LogP contribution in [-0.2, 0) is 4.79 Å². The van der Waals surface area contributed by atoms with Crippen molar-refractivity contribution in [3.8, 4) is 23.6 Å². The van der Waals surface area contributed by atoms with E-state index in [0.717, 1.165) is 49.8 Å². The van der Waals surface area contributed by atoms with Crippen molar-refractivity contribution in [1.82, 2.24) is 9.97 Å². The van der Waals surface area contributed by atoms with E-state index in [4.69, 9.17) is 6.42 Å². The molecule has 1 N–H and O–H groups in total. The summed E-state index contributed by atoms with van der Waals surface area (Å²) in [5.41, 5.74) is 7.65. The molecular weight excluding hydrogens is 468 g/mol. The quantitative estimate of drug-likeness (QED) is 0.441. The molecule has 0 amide bonds. The second kappa shape index (κ2) is 10.3. The van der Waals surface area contributed by atoms with Crippen molar-refractivity contribution >= 4 is 5.78 Å². The van der Waals surface area contributed by atoms with Crippen molar-refractivity contribution < 1.29 is 9.90 Å². The van der Waals surface area contributed by atoms with Crippen molar-refractivity contribution in [3.63, 3.8) is 0 Å². The zero-order valence-electron chi connectivity index (χ0n) is 23.2. The van der Waals surface area contributed by atoms with Crippen LogP contribution in [0.15, 0.2) is 65.7 Å². The number of terminal acetylenes is 1. The van der Waals surface area contributed by atoms with Crippen molar-refractivity contribution in [3.05, 3.63) is 71.2 Å². The van der Waals surface area contributed by atoms with Gasteiger partial charge in [-0.3, -0.25) is 14.8 Å². The number of carbonyl (C=O) groups is 1. The molecule has 38 heavy (non-hydrogen) atoms. The van der Waals surface area contributed by atoms with Gasteiger partial charge in [-0.05, 0) is 99.3 Å². The van der Waals surface area contributed by atoms with Gasteiger partial charge in [0.2, 0.25) is 0 Å². The lowest BCUT2D eigenvalue weighted by Gasteiger charge is -2.52. The van der Waals surface area contributed by atoms with Gasteiger partial charge in [-0.25, -0.2) is 0 Å². The van der Waals surface area contributed by atoms with Crippen LogP contribution in [0.2, 0.25) is 0 Å². The van der Waals surface area contributed by atoms with E-state index >= 15 is 0 Å². The Morgan fingerprint density at radius 1 is 1.05 bits per heavy atom. The summed E-state index contributed by atoms with van der Waals surface area (Å²) in [6.45, 7) is 8.35. The highest BCUT2D eigenvalue weighted by molar-refractivity contribution is 5.93. The van der Waals surface area contributed by atoms with E-state index < -0.39 is 0 Å². The van der Waals surface area contributed by atoms with Gasteiger partial charge in [0.25, 0.3) is 0 Å². The molecule has 2 saturated carbocycles. The standard InChI is InChI=1S/C28H30N2O2.C6H10/c1-28-15-23(17-2-4-18(5-3-17)25-16-29-12-13-30-25)27-21-9-7-20(31)14-19(21)6-8-22(27)24(28)10-11-26(28)32;1-5-6(2,3)4/h2-5,12-14,16,22-24,26,32H,6-11,15H2,1H3;1H,2-4H3. The molecule has 4 nitrogen and oxygen atoms in total. The van der Waals surface area contributed by atoms with Crippen LogP contribution < -0.4 is 0 Å². The summed E-state index contributed by atoms with van der Waals surface area (Å²) in [5.74, 6) is 4.26. The molecule has 0 aliphatic heterocycles. The minimum atomic E-state index is -0.217. The van der Waals surface area contributed by atoms with Crippen LogP contribution in [0.1, 0.15) is 84.1 Å². The second-order valence-electron chi connectivity index (χ2n) is 12.8. The summed E-state index contributed by atoms with van der Waals surface area (Å²) < 4.78 is 0. The van der Waals surface area contributed by atoms with Crippen LogP contribution in [-0.4, -0.2) is 27.0 Å². The Morgan fingerprint density at radius 3 is 2.45 bits per heavy atom. The predicted molar refractivity (Wildman–Crippen MR) is 152 cm³/mol. The minimum Gasteiger partial charge on any atom is -0.393 e. The van der Waals surface area contributed by atoms with Crippen molar-refractivity contribution in [1.29, 1.82) is 0 Å². The number of aromatic nitrogens is 2. The molecule has 0 spiro atoms. The van der Waals surface area contributed by atoms with Crippen LogP contribution in [0.3, 0.4) is 0 Å². The van der Waals surface area contributed by atoms with E-state index in [-0.39, 0.29) is 22.7 Å². The Balaban J connectivity index is 0.000000443. The van der Waals surface area contributed by atoms with Gasteiger partial charge >= 0.3 is 0 Å². The van der Waals surface area contributed by atoms with E-state index in [2.05, 4.69) is 47.1 Å². The molecule has 5 unspecified atom stereocenters. The molecule has 0 bridgehead atoms. The first-order valence-electron chi connectivity index (χ1n) is 14.1. The Labute approximate surface area is 227 Å². The summed E-state index contributed by atoms with van der Waals surface area (Å²) in [6, 6.07) is 8.80. The number of hydrogen-bond donors (Lipinski definition) is 1. The number of rotatable bonds is 2. The van der Waals surface area contributed by atoms with Crippen LogP contribution >= 0.6 is 0 Å². The average Bonchev–Trinajstić information content (AvgIpc) is 3.22. The number of aliphatic hydroxyl groups excluding tert-OH is 1. The fraction of sp³-hybridized carbons (Fsp3) is 0.500. The van der Waals surface area contributed by atoms with Crippen molar-refractivity contribution in [2.24, 2.45) is 22.7 Å². The lowest BCUT2D eigenvalue weighted by atomic mass is 9.53. The first kappa shape index (κ1) is 26.6. The van der Waals surface area contributed by atoms with Crippen molar-refractivity contribution in [2.45, 2.75) is 84.7 Å². The Hall–Kier alpha value is -3.03. The molecule has 1 heterocycles. The average molecular weight is 509 g/mol. The molecule has 0 saturated heterocycles. The maximum Gasteiger partial charge on any atom is 0.156 e. The van der Waals surface area contributed by atoms with E-state index in [9.17, 15) is 9.90 Å². The number of fused-ring (bicyclic) bond motifs is 4. The third-order valence-corrected chi connectivity index (χ3v) is 9.29. The lowest BCUT2D eigenvalue weighted by molar-refractivity contribution is -0.114. The first-order valence-corrected chi connectivity index (χ1v) is 14.1. The third kappa shape index (κ3) is 5.02. The van der Waals surface area contributed by atoms with Gasteiger partial charge in [0.15, 0.2) is 5.78 Å². The van der Waals surface area contributed by atoms with Gasteiger partial charge in [0.05, 0.1) is 18.0 Å². The monoisotopic (exact) mass is 508 g/mol. The highest BCUT2D eigenvalue weighted by Gasteiger charge is 2.56. The first-order chi connectivity index (χ1) is 18.1. The van der Waals surface area contributed by atoms with E-state index in [1.807, 2.05) is 26.8 Å². The minimum absolute atomic E-state index is 0.0331. The molecule has 5 atom stereocenters. The molecule has 2 aromatic rings. The third-order valence-electron chi connectivity index (χ3n) is 9.29. The van der Waals surface area contributed by atoms with Gasteiger partial charge in [-0.2, -0.15) is 0 Å². The summed E-state index contributed by atoms with van der Waals surface area (Å²) in [6.07, 6.45) is 18.6. The molecule has 1 aromatic carbocycles. The zero-order valence-corrected chi connectivity index (χ0v) is 23.2. The number of nitrogens with zero attached hydrogens (tertiary/aromatic N) is 2. The predicted octanol–water partition coefficient (Wildman–Crippen LogP) is 7.07. The number of aliphatic hydroxyl groups is 1. The molecule has 1 aromatic heterocycles. The Morgan fingerprint density at radius 2 is 1.79 bits per heavy atom.